The summed E-state index contributed by atoms with van der Waals surface area (Å²) in [6, 6.07) is 10.5. The van der Waals surface area contributed by atoms with Crippen molar-refractivity contribution < 1.29 is 17.6 Å². The molecule has 0 aliphatic carbocycles. The Kier molecular flexibility index (Phi) is 4.65. The number of rotatable bonds is 3. The van der Waals surface area contributed by atoms with Gasteiger partial charge in [0.05, 0.1) is 22.3 Å². The number of carbonyl (C=O) groups is 1. The molecule has 0 atom stereocenters. The average Bonchev–Trinajstić information content (AvgIpc) is 2.78. The normalized spacial score (nSPS) is 13.5. The fourth-order valence-electron chi connectivity index (χ4n) is 3.25. The molecule has 3 aromatic rings. The van der Waals surface area contributed by atoms with Crippen molar-refractivity contribution in [1.29, 1.82) is 0 Å². The van der Waals surface area contributed by atoms with E-state index in [1.807, 2.05) is 0 Å². The highest BCUT2D eigenvalue weighted by molar-refractivity contribution is 7.90. The Balaban J connectivity index is 1.74. The van der Waals surface area contributed by atoms with Gasteiger partial charge in [-0.25, -0.2) is 17.8 Å². The smallest absolute Gasteiger partial charge is 0.260 e. The lowest BCUT2D eigenvalue weighted by atomic mass is 10.1. The molecule has 8 nitrogen and oxygen atoms in total. The number of fused-ring (bicyclic) bond motifs is 2. The van der Waals surface area contributed by atoms with Crippen LogP contribution in [0.2, 0.25) is 0 Å². The molecule has 0 spiro atoms. The maximum absolute atomic E-state index is 14.6. The second-order valence-electron chi connectivity index (χ2n) is 6.88. The number of carbonyl (C=O) groups excluding carboxylic acids is 1. The molecule has 4 rings (SSSR count). The number of hydrogen-bond acceptors (Lipinski definition) is 7. The van der Waals surface area contributed by atoms with Crippen molar-refractivity contribution in [3.8, 4) is 0 Å². The third-order valence-corrected chi connectivity index (χ3v) is 5.95. The fraction of sp³-hybridized carbons (Fsp3) is 0.150. The lowest BCUT2D eigenvalue weighted by Gasteiger charge is -2.21. The Morgan fingerprint density at radius 2 is 1.73 bits per heavy atom. The molecule has 30 heavy (non-hydrogen) atoms. The van der Waals surface area contributed by atoms with Crippen molar-refractivity contribution in [3.63, 3.8) is 0 Å². The van der Waals surface area contributed by atoms with Gasteiger partial charge in [0.15, 0.2) is 15.7 Å². The molecule has 1 aromatic heterocycles. The molecule has 1 aliphatic rings. The molecule has 154 valence electrons. The van der Waals surface area contributed by atoms with E-state index in [0.29, 0.717) is 17.2 Å². The highest BCUT2D eigenvalue weighted by atomic mass is 32.2. The van der Waals surface area contributed by atoms with Gasteiger partial charge in [0.25, 0.3) is 5.91 Å². The topological polar surface area (TPSA) is 95.5 Å². The van der Waals surface area contributed by atoms with Gasteiger partial charge in [0, 0.05) is 26.0 Å². The number of hydrogen-bond donors (Lipinski definition) is 1. The number of amides is 1. The zero-order valence-corrected chi connectivity index (χ0v) is 17.2. The van der Waals surface area contributed by atoms with Gasteiger partial charge in [-0.1, -0.05) is 6.07 Å². The second-order valence-corrected chi connectivity index (χ2v) is 8.90. The maximum Gasteiger partial charge on any atom is 0.260 e. The van der Waals surface area contributed by atoms with Crippen molar-refractivity contribution in [2.24, 2.45) is 0 Å². The van der Waals surface area contributed by atoms with Crippen molar-refractivity contribution in [2.45, 2.75) is 4.90 Å². The van der Waals surface area contributed by atoms with Gasteiger partial charge in [0.2, 0.25) is 5.95 Å². The van der Waals surface area contributed by atoms with E-state index in [1.165, 1.54) is 40.3 Å². The predicted octanol–water partition coefficient (Wildman–Crippen LogP) is 3.12. The fourth-order valence-corrected chi connectivity index (χ4v) is 3.88. The molecule has 2 heterocycles. The van der Waals surface area contributed by atoms with Crippen molar-refractivity contribution >= 4 is 44.6 Å². The summed E-state index contributed by atoms with van der Waals surface area (Å²) in [5, 5.41) is 3.00. The van der Waals surface area contributed by atoms with E-state index >= 15 is 0 Å². The van der Waals surface area contributed by atoms with E-state index in [4.69, 9.17) is 0 Å². The lowest BCUT2D eigenvalue weighted by molar-refractivity contribution is 0.0994. The molecule has 0 saturated carbocycles. The van der Waals surface area contributed by atoms with E-state index in [1.54, 1.807) is 32.3 Å². The summed E-state index contributed by atoms with van der Waals surface area (Å²) in [6.07, 6.45) is 2.61. The molecule has 0 unspecified atom stereocenters. The molecule has 1 amide bonds. The summed E-state index contributed by atoms with van der Waals surface area (Å²) in [5.74, 6) is -0.335. The van der Waals surface area contributed by atoms with Gasteiger partial charge in [-0.15, -0.1) is 0 Å². The first-order valence-electron chi connectivity index (χ1n) is 8.91. The van der Waals surface area contributed by atoms with Gasteiger partial charge in [0.1, 0.15) is 11.5 Å². The van der Waals surface area contributed by atoms with Crippen LogP contribution in [-0.4, -0.2) is 44.6 Å². The third kappa shape index (κ3) is 3.35. The Morgan fingerprint density at radius 1 is 1.03 bits per heavy atom. The molecular formula is C20H18FN5O3S. The average molecular weight is 427 g/mol. The minimum Gasteiger partial charge on any atom is -0.324 e. The summed E-state index contributed by atoms with van der Waals surface area (Å²) in [4.78, 5) is 24.6. The minimum atomic E-state index is -3.30. The first kappa shape index (κ1) is 19.8. The van der Waals surface area contributed by atoms with Crippen LogP contribution in [0.3, 0.4) is 0 Å². The van der Waals surface area contributed by atoms with E-state index in [-0.39, 0.29) is 28.0 Å². The number of benzene rings is 2. The summed E-state index contributed by atoms with van der Waals surface area (Å²) in [6.45, 7) is 0. The number of para-hydroxylation sites is 1. The van der Waals surface area contributed by atoms with E-state index in [2.05, 4.69) is 15.3 Å². The number of anilines is 5. The number of nitrogens with one attached hydrogen (secondary N) is 1. The highest BCUT2D eigenvalue weighted by Gasteiger charge is 2.31. The van der Waals surface area contributed by atoms with Crippen LogP contribution in [0.25, 0.3) is 0 Å². The molecule has 1 aliphatic heterocycles. The van der Waals surface area contributed by atoms with Gasteiger partial charge >= 0.3 is 0 Å². The van der Waals surface area contributed by atoms with Gasteiger partial charge in [-0.3, -0.25) is 4.79 Å². The third-order valence-electron chi connectivity index (χ3n) is 4.82. The number of aromatic nitrogens is 2. The predicted molar refractivity (Wildman–Crippen MR) is 112 cm³/mol. The molecule has 0 saturated heterocycles. The SMILES string of the molecule is CN1C(=O)c2cccc(F)c2N(C)c2nc(Nc3ccc(S(C)(=O)=O)cc3)ncc21. The van der Waals surface area contributed by atoms with Gasteiger partial charge < -0.3 is 15.1 Å². The van der Waals surface area contributed by atoms with Gasteiger partial charge in [-0.05, 0) is 36.4 Å². The van der Waals surface area contributed by atoms with E-state index in [0.717, 1.165) is 6.26 Å². The maximum atomic E-state index is 14.6. The molecule has 0 bridgehead atoms. The second kappa shape index (κ2) is 7.06. The van der Waals surface area contributed by atoms with Crippen LogP contribution in [0.4, 0.5) is 33.2 Å². The largest absolute Gasteiger partial charge is 0.324 e. The highest BCUT2D eigenvalue weighted by Crippen LogP contribution is 2.39. The molecule has 10 heteroatoms. The quantitative estimate of drug-likeness (QED) is 0.686. The zero-order valence-electron chi connectivity index (χ0n) is 16.4. The van der Waals surface area contributed by atoms with Crippen LogP contribution in [-0.2, 0) is 9.84 Å². The number of halogens is 1. The van der Waals surface area contributed by atoms with Crippen LogP contribution in [0.5, 0.6) is 0 Å². The van der Waals surface area contributed by atoms with Gasteiger partial charge in [-0.2, -0.15) is 4.98 Å². The summed E-state index contributed by atoms with van der Waals surface area (Å²) < 4.78 is 37.8. The number of nitrogens with zero attached hydrogens (tertiary/aromatic N) is 4. The minimum absolute atomic E-state index is 0.134. The zero-order chi connectivity index (χ0) is 21.6. The van der Waals surface area contributed by atoms with Crippen LogP contribution < -0.4 is 15.1 Å². The summed E-state index contributed by atoms with van der Waals surface area (Å²) in [7, 11) is -0.0898. The van der Waals surface area contributed by atoms with Crippen molar-refractivity contribution in [2.75, 3.05) is 35.5 Å². The summed E-state index contributed by atoms with van der Waals surface area (Å²) in [5.41, 5.74) is 1.37. The molecule has 1 N–H and O–H groups in total. The van der Waals surface area contributed by atoms with Crippen molar-refractivity contribution in [3.05, 3.63) is 60.0 Å². The first-order chi connectivity index (χ1) is 14.2. The van der Waals surface area contributed by atoms with Crippen LogP contribution in [0.15, 0.2) is 53.6 Å². The number of sulfone groups is 1. The lowest BCUT2D eigenvalue weighted by Crippen LogP contribution is -2.25. The van der Waals surface area contributed by atoms with Crippen molar-refractivity contribution in [1.82, 2.24) is 9.97 Å². The monoisotopic (exact) mass is 427 g/mol. The van der Waals surface area contributed by atoms with Crippen LogP contribution >= 0.6 is 0 Å². The first-order valence-corrected chi connectivity index (χ1v) is 10.8. The Bertz CT molecular complexity index is 1260. The van der Waals surface area contributed by atoms with Crippen LogP contribution in [0, 0.1) is 5.82 Å². The molecule has 2 aromatic carbocycles. The van der Waals surface area contributed by atoms with E-state index in [9.17, 15) is 17.6 Å². The molecular weight excluding hydrogens is 409 g/mol. The Labute approximate surface area is 172 Å². The summed E-state index contributed by atoms with van der Waals surface area (Å²) >= 11 is 0. The molecule has 0 fully saturated rings. The van der Waals surface area contributed by atoms with Crippen LogP contribution in [0.1, 0.15) is 10.4 Å². The standard InChI is InChI=1S/C20H18FN5O3S/c1-25-16-11-22-20(23-12-7-9-13(10-8-12)30(3,28)29)24-18(16)26(2)17-14(19(25)27)5-4-6-15(17)21/h4-11H,1-3H3,(H,22,23,24). The molecule has 0 radical (unpaired) electrons. The Hall–Kier alpha value is -3.53. The Morgan fingerprint density at radius 3 is 2.40 bits per heavy atom. The van der Waals surface area contributed by atoms with E-state index < -0.39 is 15.7 Å².